The van der Waals surface area contributed by atoms with Crippen molar-refractivity contribution in [1.82, 2.24) is 24.8 Å². The number of hydrogen-bond acceptors (Lipinski definition) is 7. The van der Waals surface area contributed by atoms with Crippen LogP contribution >= 0.6 is 11.6 Å². The fourth-order valence-electron chi connectivity index (χ4n) is 4.32. The Morgan fingerprint density at radius 3 is 2.91 bits per heavy atom. The molecule has 6 rings (SSSR count). The fraction of sp³-hybridized carbons (Fsp3) is 0.261. The van der Waals surface area contributed by atoms with Crippen LogP contribution in [0, 0.1) is 6.92 Å². The third kappa shape index (κ3) is 3.23. The number of halogens is 1. The van der Waals surface area contributed by atoms with Crippen molar-refractivity contribution < 1.29 is 13.9 Å². The van der Waals surface area contributed by atoms with Gasteiger partial charge in [-0.25, -0.2) is 9.97 Å². The predicted octanol–water partition coefficient (Wildman–Crippen LogP) is 4.30. The number of benzene rings is 1. The monoisotopic (exact) mass is 449 g/mol. The van der Waals surface area contributed by atoms with Gasteiger partial charge >= 0.3 is 0 Å². The molecule has 0 amide bonds. The van der Waals surface area contributed by atoms with E-state index in [-0.39, 0.29) is 12.8 Å². The molecule has 2 aliphatic heterocycles. The molecular formula is C23H20ClN5O3. The van der Waals surface area contributed by atoms with Crippen LogP contribution in [0.25, 0.3) is 11.5 Å². The van der Waals surface area contributed by atoms with Gasteiger partial charge in [0.05, 0.1) is 40.0 Å². The fourth-order valence-corrected chi connectivity index (χ4v) is 4.56. The largest absolute Gasteiger partial charge is 0.454 e. The Hall–Kier alpha value is -3.36. The second-order valence-corrected chi connectivity index (χ2v) is 8.26. The number of hydrogen-bond donors (Lipinski definition) is 1. The van der Waals surface area contributed by atoms with Gasteiger partial charge < -0.3 is 18.9 Å². The van der Waals surface area contributed by atoms with E-state index >= 15 is 0 Å². The van der Waals surface area contributed by atoms with Crippen molar-refractivity contribution in [2.45, 2.75) is 25.9 Å². The molecule has 3 aromatic heterocycles. The molecule has 1 aromatic carbocycles. The number of oxazole rings is 1. The number of ether oxygens (including phenoxy) is 2. The maximum Gasteiger partial charge on any atom is 0.231 e. The molecule has 5 heterocycles. The minimum Gasteiger partial charge on any atom is -0.454 e. The first-order valence-electron chi connectivity index (χ1n) is 10.4. The first kappa shape index (κ1) is 19.3. The summed E-state index contributed by atoms with van der Waals surface area (Å²) < 4.78 is 16.9. The topological polar surface area (TPSA) is 89.3 Å². The maximum atomic E-state index is 6.48. The van der Waals surface area contributed by atoms with Gasteiger partial charge in [0, 0.05) is 37.5 Å². The molecule has 4 aromatic rings. The molecule has 32 heavy (non-hydrogen) atoms. The second-order valence-electron chi connectivity index (χ2n) is 7.85. The van der Waals surface area contributed by atoms with Crippen LogP contribution in [-0.2, 0) is 13.0 Å². The number of fused-ring (bicyclic) bond motifs is 2. The highest BCUT2D eigenvalue weighted by Gasteiger charge is 2.33. The molecule has 8 nitrogen and oxygen atoms in total. The zero-order valence-corrected chi connectivity index (χ0v) is 18.1. The summed E-state index contributed by atoms with van der Waals surface area (Å²) >= 11 is 6.48. The predicted molar refractivity (Wildman–Crippen MR) is 117 cm³/mol. The van der Waals surface area contributed by atoms with Gasteiger partial charge in [0.15, 0.2) is 11.5 Å². The highest BCUT2D eigenvalue weighted by atomic mass is 35.5. The lowest BCUT2D eigenvalue weighted by Crippen LogP contribution is -2.36. The molecule has 0 spiro atoms. The Balaban J connectivity index is 1.34. The molecular weight excluding hydrogens is 430 g/mol. The summed E-state index contributed by atoms with van der Waals surface area (Å²) in [5, 5.41) is 0.507. The van der Waals surface area contributed by atoms with Gasteiger partial charge in [-0.05, 0) is 25.1 Å². The third-order valence-corrected chi connectivity index (χ3v) is 6.24. The number of H-pyrrole nitrogens is 1. The van der Waals surface area contributed by atoms with Crippen LogP contribution in [-0.4, -0.2) is 38.2 Å². The first-order chi connectivity index (χ1) is 15.7. The van der Waals surface area contributed by atoms with Crippen LogP contribution in [0.2, 0.25) is 5.02 Å². The summed E-state index contributed by atoms with van der Waals surface area (Å²) in [7, 11) is 0. The van der Waals surface area contributed by atoms with E-state index in [0.29, 0.717) is 34.5 Å². The van der Waals surface area contributed by atoms with E-state index in [1.54, 1.807) is 12.4 Å². The lowest BCUT2D eigenvalue weighted by Gasteiger charge is -2.34. The Morgan fingerprint density at radius 2 is 2.06 bits per heavy atom. The number of pyridine rings is 1. The van der Waals surface area contributed by atoms with Gasteiger partial charge in [-0.3, -0.25) is 9.88 Å². The minimum atomic E-state index is -0.0557. The van der Waals surface area contributed by atoms with Crippen molar-refractivity contribution in [3.05, 3.63) is 76.4 Å². The minimum absolute atomic E-state index is 0.0557. The van der Waals surface area contributed by atoms with E-state index in [9.17, 15) is 0 Å². The number of nitrogens with one attached hydrogen (secondary N) is 1. The van der Waals surface area contributed by atoms with Gasteiger partial charge in [-0.2, -0.15) is 0 Å². The quantitative estimate of drug-likeness (QED) is 0.496. The highest BCUT2D eigenvalue weighted by molar-refractivity contribution is 6.33. The molecule has 0 fully saturated rings. The number of rotatable bonds is 4. The van der Waals surface area contributed by atoms with E-state index in [4.69, 9.17) is 30.5 Å². The smallest absolute Gasteiger partial charge is 0.231 e. The Bertz CT molecular complexity index is 1290. The number of aromatic nitrogens is 4. The molecule has 1 N–H and O–H groups in total. The Morgan fingerprint density at radius 1 is 1.19 bits per heavy atom. The summed E-state index contributed by atoms with van der Waals surface area (Å²) in [6, 6.07) is 9.45. The van der Waals surface area contributed by atoms with Gasteiger partial charge in [0.1, 0.15) is 5.76 Å². The molecule has 0 radical (unpaired) electrons. The van der Waals surface area contributed by atoms with Crippen molar-refractivity contribution in [3.8, 4) is 23.0 Å². The van der Waals surface area contributed by atoms with Crippen LogP contribution in [0.1, 0.15) is 34.6 Å². The van der Waals surface area contributed by atoms with Crippen LogP contribution in [0.4, 0.5) is 0 Å². The van der Waals surface area contributed by atoms with Crippen molar-refractivity contribution in [2.75, 3.05) is 13.3 Å². The van der Waals surface area contributed by atoms with Gasteiger partial charge in [-0.15, -0.1) is 0 Å². The molecule has 0 saturated heterocycles. The molecule has 0 aliphatic carbocycles. The summed E-state index contributed by atoms with van der Waals surface area (Å²) in [6.07, 6.45) is 4.46. The van der Waals surface area contributed by atoms with Crippen molar-refractivity contribution >= 4 is 11.6 Å². The Kier molecular flexibility index (Phi) is 4.62. The third-order valence-electron chi connectivity index (χ3n) is 5.93. The van der Waals surface area contributed by atoms with Crippen LogP contribution in [0.5, 0.6) is 11.5 Å². The van der Waals surface area contributed by atoms with E-state index < -0.39 is 0 Å². The number of aryl methyl sites for hydroxylation is 1. The normalized spacial score (nSPS) is 17.5. The summed E-state index contributed by atoms with van der Waals surface area (Å²) in [5.41, 5.74) is 4.66. The second kappa shape index (κ2) is 7.65. The average Bonchev–Trinajstić information content (AvgIpc) is 3.53. The Labute approximate surface area is 189 Å². The zero-order valence-electron chi connectivity index (χ0n) is 17.3. The van der Waals surface area contributed by atoms with Gasteiger partial charge in [0.25, 0.3) is 0 Å². The molecule has 0 saturated carbocycles. The molecule has 2 aliphatic rings. The van der Waals surface area contributed by atoms with Gasteiger partial charge in [0.2, 0.25) is 12.7 Å². The van der Waals surface area contributed by atoms with Crippen LogP contribution < -0.4 is 9.47 Å². The lowest BCUT2D eigenvalue weighted by molar-refractivity contribution is 0.174. The zero-order chi connectivity index (χ0) is 21.7. The highest BCUT2D eigenvalue weighted by Crippen LogP contribution is 2.41. The number of aromatic amines is 1. The standard InChI is InChI=1S/C23H20ClN5O3/c1-13-18(28-23(32-13)14-8-19-20(9-15(14)24)31-12-30-19)10-29-7-5-16-21(27-11-26-16)22(29)17-4-2-3-6-25-17/h2-4,6,8-9,11,22H,5,7,10,12H2,1H3,(H,26,27). The molecule has 1 atom stereocenters. The molecule has 9 heteroatoms. The first-order valence-corrected chi connectivity index (χ1v) is 10.8. The SMILES string of the molecule is Cc1oc(-c2cc3c(cc2Cl)OCO3)nc1CN1CCc2[nH]cnc2C1c1ccccn1. The van der Waals surface area contributed by atoms with Crippen molar-refractivity contribution in [3.63, 3.8) is 0 Å². The lowest BCUT2D eigenvalue weighted by atomic mass is 9.99. The summed E-state index contributed by atoms with van der Waals surface area (Å²) in [4.78, 5) is 19.6. The van der Waals surface area contributed by atoms with Gasteiger partial charge in [-0.1, -0.05) is 17.7 Å². The van der Waals surface area contributed by atoms with E-state index in [1.165, 1.54) is 0 Å². The molecule has 0 bridgehead atoms. The molecule has 1 unspecified atom stereocenters. The van der Waals surface area contributed by atoms with E-state index in [0.717, 1.165) is 41.5 Å². The number of imidazole rings is 1. The average molecular weight is 450 g/mol. The maximum absolute atomic E-state index is 6.48. The molecule has 162 valence electrons. The summed E-state index contributed by atoms with van der Waals surface area (Å²) in [6.45, 7) is 3.56. The summed E-state index contributed by atoms with van der Waals surface area (Å²) in [5.74, 6) is 2.48. The van der Waals surface area contributed by atoms with Crippen LogP contribution in [0.3, 0.4) is 0 Å². The van der Waals surface area contributed by atoms with E-state index in [2.05, 4.69) is 19.9 Å². The van der Waals surface area contributed by atoms with Crippen molar-refractivity contribution in [1.29, 1.82) is 0 Å². The van der Waals surface area contributed by atoms with E-state index in [1.807, 2.05) is 37.4 Å². The van der Waals surface area contributed by atoms with Crippen molar-refractivity contribution in [2.24, 2.45) is 0 Å². The number of nitrogens with zero attached hydrogens (tertiary/aromatic N) is 4. The van der Waals surface area contributed by atoms with Crippen LogP contribution in [0.15, 0.2) is 47.3 Å².